The molecule has 5 nitrogen and oxygen atoms in total. The van der Waals surface area contributed by atoms with E-state index in [-0.39, 0.29) is 6.04 Å². The molecule has 1 aromatic heterocycles. The number of benzene rings is 1. The first kappa shape index (κ1) is 15.2. The van der Waals surface area contributed by atoms with Crippen LogP contribution in [0.2, 0.25) is 0 Å². The molecule has 0 aliphatic carbocycles. The van der Waals surface area contributed by atoms with Gasteiger partial charge < -0.3 is 4.57 Å². The molecule has 1 fully saturated rings. The quantitative estimate of drug-likeness (QED) is 0.869. The molecular formula is C16H21N3O2S. The zero-order valence-electron chi connectivity index (χ0n) is 12.9. The van der Waals surface area contributed by atoms with Gasteiger partial charge >= 0.3 is 0 Å². The summed E-state index contributed by atoms with van der Waals surface area (Å²) >= 11 is 0. The van der Waals surface area contributed by atoms with Gasteiger partial charge in [0, 0.05) is 31.5 Å². The third kappa shape index (κ3) is 2.80. The summed E-state index contributed by atoms with van der Waals surface area (Å²) in [4.78, 5) is 4.59. The zero-order valence-corrected chi connectivity index (χ0v) is 13.8. The number of sulfonamides is 1. The van der Waals surface area contributed by atoms with Gasteiger partial charge in [-0.15, -0.1) is 0 Å². The minimum Gasteiger partial charge on any atom is -0.334 e. The average molecular weight is 319 g/mol. The van der Waals surface area contributed by atoms with Crippen molar-refractivity contribution in [3.63, 3.8) is 0 Å². The molecule has 1 aliphatic rings. The fourth-order valence-electron chi connectivity index (χ4n) is 2.98. The normalized spacial score (nSPS) is 19.6. The Hall–Kier alpha value is -1.66. The van der Waals surface area contributed by atoms with Crippen LogP contribution in [-0.4, -0.2) is 34.9 Å². The summed E-state index contributed by atoms with van der Waals surface area (Å²) in [5, 5.41) is 0. The Labute approximate surface area is 131 Å². The summed E-state index contributed by atoms with van der Waals surface area (Å²) in [6, 6.07) is 7.08. The highest BCUT2D eigenvalue weighted by molar-refractivity contribution is 7.89. The molecule has 0 N–H and O–H groups in total. The molecule has 0 radical (unpaired) electrons. The molecule has 1 saturated heterocycles. The van der Waals surface area contributed by atoms with E-state index in [4.69, 9.17) is 0 Å². The van der Waals surface area contributed by atoms with Gasteiger partial charge in [-0.3, -0.25) is 0 Å². The van der Waals surface area contributed by atoms with Crippen LogP contribution in [0.4, 0.5) is 0 Å². The van der Waals surface area contributed by atoms with E-state index in [1.54, 1.807) is 22.6 Å². The molecule has 6 heteroatoms. The van der Waals surface area contributed by atoms with Crippen molar-refractivity contribution in [1.82, 2.24) is 13.9 Å². The third-order valence-corrected chi connectivity index (χ3v) is 6.25. The first-order chi connectivity index (χ1) is 10.5. The van der Waals surface area contributed by atoms with Crippen molar-refractivity contribution in [1.29, 1.82) is 0 Å². The highest BCUT2D eigenvalue weighted by atomic mass is 32.2. The number of imidazole rings is 1. The van der Waals surface area contributed by atoms with E-state index in [1.807, 2.05) is 36.7 Å². The summed E-state index contributed by atoms with van der Waals surface area (Å²) < 4.78 is 29.4. The largest absolute Gasteiger partial charge is 0.334 e. The maximum atomic E-state index is 12.9. The van der Waals surface area contributed by atoms with E-state index in [9.17, 15) is 8.42 Å². The molecule has 0 bridgehead atoms. The summed E-state index contributed by atoms with van der Waals surface area (Å²) in [5.41, 5.74) is 1.06. The summed E-state index contributed by atoms with van der Waals surface area (Å²) in [7, 11) is -3.42. The van der Waals surface area contributed by atoms with Crippen molar-refractivity contribution in [3.8, 4) is 0 Å². The molecule has 3 rings (SSSR count). The van der Waals surface area contributed by atoms with E-state index in [0.29, 0.717) is 18.0 Å². The van der Waals surface area contributed by atoms with Gasteiger partial charge in [-0.1, -0.05) is 17.7 Å². The SMILES string of the molecule is Cc1ccc(S(=O)(=O)N2CCCC2Cn2ccnc2C)cc1. The number of hydrogen-bond donors (Lipinski definition) is 0. The second kappa shape index (κ2) is 5.85. The Bertz CT molecular complexity index is 750. The fraction of sp³-hybridized carbons (Fsp3) is 0.438. The molecule has 2 aromatic rings. The lowest BCUT2D eigenvalue weighted by Crippen LogP contribution is -2.38. The summed E-state index contributed by atoms with van der Waals surface area (Å²) in [6.07, 6.45) is 5.46. The predicted octanol–water partition coefficient (Wildman–Crippen LogP) is 2.35. The zero-order chi connectivity index (χ0) is 15.7. The van der Waals surface area contributed by atoms with Gasteiger partial charge in [0.1, 0.15) is 5.82 Å². The minimum atomic E-state index is -3.42. The number of hydrogen-bond acceptors (Lipinski definition) is 3. The van der Waals surface area contributed by atoms with Crippen LogP contribution in [0.25, 0.3) is 0 Å². The maximum Gasteiger partial charge on any atom is 0.243 e. The first-order valence-electron chi connectivity index (χ1n) is 7.55. The van der Waals surface area contributed by atoms with Crippen molar-refractivity contribution in [2.75, 3.05) is 6.54 Å². The lowest BCUT2D eigenvalue weighted by Gasteiger charge is -2.25. The molecule has 1 aromatic carbocycles. The molecule has 1 unspecified atom stereocenters. The Kier molecular flexibility index (Phi) is 4.06. The highest BCUT2D eigenvalue weighted by Crippen LogP contribution is 2.27. The van der Waals surface area contributed by atoms with Crippen molar-refractivity contribution in [2.24, 2.45) is 0 Å². The van der Waals surface area contributed by atoms with Crippen LogP contribution < -0.4 is 0 Å². The topological polar surface area (TPSA) is 55.2 Å². The minimum absolute atomic E-state index is 0.000738. The van der Waals surface area contributed by atoms with Crippen LogP contribution >= 0.6 is 0 Å². The van der Waals surface area contributed by atoms with Crippen LogP contribution in [0.3, 0.4) is 0 Å². The van der Waals surface area contributed by atoms with E-state index in [0.717, 1.165) is 24.2 Å². The number of aryl methyl sites for hydroxylation is 2. The van der Waals surface area contributed by atoms with Gasteiger partial charge in [0.25, 0.3) is 0 Å². The Morgan fingerprint density at radius 2 is 1.95 bits per heavy atom. The van der Waals surface area contributed by atoms with Crippen LogP contribution in [0.15, 0.2) is 41.6 Å². The van der Waals surface area contributed by atoms with Crippen LogP contribution in [0, 0.1) is 13.8 Å². The van der Waals surface area contributed by atoms with Crippen molar-refractivity contribution in [3.05, 3.63) is 48.0 Å². The van der Waals surface area contributed by atoms with Crippen LogP contribution in [-0.2, 0) is 16.6 Å². The van der Waals surface area contributed by atoms with Gasteiger partial charge in [-0.2, -0.15) is 4.31 Å². The number of nitrogens with zero attached hydrogens (tertiary/aromatic N) is 3. The number of aromatic nitrogens is 2. The van der Waals surface area contributed by atoms with E-state index in [1.165, 1.54) is 0 Å². The molecule has 0 spiro atoms. The number of rotatable bonds is 4. The highest BCUT2D eigenvalue weighted by Gasteiger charge is 2.35. The molecule has 1 aliphatic heterocycles. The van der Waals surface area contributed by atoms with Crippen molar-refractivity contribution < 1.29 is 8.42 Å². The average Bonchev–Trinajstić information content (AvgIpc) is 3.10. The molecule has 2 heterocycles. The Balaban J connectivity index is 1.86. The predicted molar refractivity (Wildman–Crippen MR) is 85.1 cm³/mol. The third-order valence-electron chi connectivity index (χ3n) is 4.28. The summed E-state index contributed by atoms with van der Waals surface area (Å²) in [6.45, 7) is 5.15. The molecule has 0 saturated carbocycles. The van der Waals surface area contributed by atoms with E-state index < -0.39 is 10.0 Å². The Morgan fingerprint density at radius 3 is 2.59 bits per heavy atom. The van der Waals surface area contributed by atoms with E-state index >= 15 is 0 Å². The molecule has 0 amide bonds. The maximum absolute atomic E-state index is 12.9. The van der Waals surface area contributed by atoms with Crippen molar-refractivity contribution >= 4 is 10.0 Å². The van der Waals surface area contributed by atoms with Gasteiger partial charge in [-0.25, -0.2) is 13.4 Å². The monoisotopic (exact) mass is 319 g/mol. The molecule has 118 valence electrons. The van der Waals surface area contributed by atoms with Gasteiger partial charge in [-0.05, 0) is 38.8 Å². The second-order valence-corrected chi connectivity index (χ2v) is 7.74. The Morgan fingerprint density at radius 1 is 1.23 bits per heavy atom. The molecular weight excluding hydrogens is 298 g/mol. The van der Waals surface area contributed by atoms with Gasteiger partial charge in [0.15, 0.2) is 0 Å². The lowest BCUT2D eigenvalue weighted by molar-refractivity contribution is 0.350. The standard InChI is InChI=1S/C16H21N3O2S/c1-13-5-7-16(8-6-13)22(20,21)19-10-3-4-15(19)12-18-11-9-17-14(18)2/h5-9,11,15H,3-4,10,12H2,1-2H3. The second-order valence-electron chi connectivity index (χ2n) is 5.85. The smallest absolute Gasteiger partial charge is 0.243 e. The van der Waals surface area contributed by atoms with Crippen LogP contribution in [0.1, 0.15) is 24.2 Å². The summed E-state index contributed by atoms with van der Waals surface area (Å²) in [5.74, 6) is 0.916. The van der Waals surface area contributed by atoms with Crippen LogP contribution in [0.5, 0.6) is 0 Å². The van der Waals surface area contributed by atoms with E-state index in [2.05, 4.69) is 4.98 Å². The van der Waals surface area contributed by atoms with Gasteiger partial charge in [0.05, 0.1) is 4.90 Å². The molecule has 22 heavy (non-hydrogen) atoms. The van der Waals surface area contributed by atoms with Crippen molar-refractivity contribution in [2.45, 2.75) is 44.2 Å². The lowest BCUT2D eigenvalue weighted by atomic mass is 10.2. The van der Waals surface area contributed by atoms with Gasteiger partial charge in [0.2, 0.25) is 10.0 Å². The first-order valence-corrected chi connectivity index (χ1v) is 8.99. The molecule has 1 atom stereocenters. The fourth-order valence-corrected chi connectivity index (χ4v) is 4.66.